The Kier molecular flexibility index (Phi) is 27.7. The van der Waals surface area contributed by atoms with Crippen LogP contribution >= 0.6 is 0 Å². The summed E-state index contributed by atoms with van der Waals surface area (Å²) in [5.41, 5.74) is 0.625. The zero-order valence-electron chi connectivity index (χ0n) is 29.7. The molecule has 0 saturated carbocycles. The first-order valence-corrected chi connectivity index (χ1v) is 19.1. The molecule has 0 radical (unpaired) electrons. The maximum absolute atomic E-state index is 2.94. The third kappa shape index (κ3) is 23.5. The SMILES string of the molecule is CCCCCCCCCCCCCCC(C)(C)N(CCCCC)C(C)(C)CCCCCCCCCCCCCC. The number of hydrogen-bond acceptors (Lipinski definition) is 1. The smallest absolute Gasteiger partial charge is 0.0158 e. The van der Waals surface area contributed by atoms with Gasteiger partial charge in [-0.05, 0) is 53.5 Å². The highest BCUT2D eigenvalue weighted by molar-refractivity contribution is 4.92. The highest BCUT2D eigenvalue weighted by atomic mass is 15.2. The molecule has 0 aromatic rings. The van der Waals surface area contributed by atoms with Gasteiger partial charge in [-0.1, -0.05) is 188 Å². The van der Waals surface area contributed by atoms with E-state index in [9.17, 15) is 0 Å². The molecule has 0 aliphatic rings. The number of unbranched alkanes of at least 4 members (excludes halogenated alkanes) is 24. The monoisotopic (exact) mass is 564 g/mol. The van der Waals surface area contributed by atoms with Crippen LogP contribution in [0.4, 0.5) is 0 Å². The maximum Gasteiger partial charge on any atom is 0.0158 e. The van der Waals surface area contributed by atoms with Gasteiger partial charge in [-0.15, -0.1) is 0 Å². The number of rotatable bonds is 32. The number of nitrogens with zero attached hydrogens (tertiary/aromatic N) is 1. The van der Waals surface area contributed by atoms with E-state index in [0.717, 1.165) is 0 Å². The molecule has 1 heteroatoms. The van der Waals surface area contributed by atoms with Gasteiger partial charge in [0.15, 0.2) is 0 Å². The minimum Gasteiger partial charge on any atom is -0.293 e. The van der Waals surface area contributed by atoms with Gasteiger partial charge in [-0.25, -0.2) is 0 Å². The lowest BCUT2D eigenvalue weighted by Gasteiger charge is -2.49. The molecular weight excluding hydrogens is 482 g/mol. The standard InChI is InChI=1S/C39H81N/c1-8-11-14-16-18-20-22-24-26-28-30-32-35-38(4,5)40(37-34-13-10-3)39(6,7)36-33-31-29-27-25-23-21-19-17-15-12-9-2/h8-37H2,1-7H3. The van der Waals surface area contributed by atoms with Crippen LogP contribution in [0, 0.1) is 0 Å². The molecular formula is C39H81N. The molecule has 1 nitrogen and oxygen atoms in total. The van der Waals surface area contributed by atoms with Gasteiger partial charge < -0.3 is 0 Å². The lowest BCUT2D eigenvalue weighted by atomic mass is 9.85. The second-order valence-corrected chi connectivity index (χ2v) is 14.8. The molecule has 0 aromatic heterocycles. The van der Waals surface area contributed by atoms with Crippen LogP contribution in [0.2, 0.25) is 0 Å². The van der Waals surface area contributed by atoms with E-state index >= 15 is 0 Å². The van der Waals surface area contributed by atoms with E-state index in [4.69, 9.17) is 0 Å². The van der Waals surface area contributed by atoms with E-state index in [2.05, 4.69) is 53.4 Å². The van der Waals surface area contributed by atoms with Crippen molar-refractivity contribution >= 4 is 0 Å². The van der Waals surface area contributed by atoms with Crippen LogP contribution in [-0.2, 0) is 0 Å². The van der Waals surface area contributed by atoms with Crippen molar-refractivity contribution < 1.29 is 0 Å². The summed E-state index contributed by atoms with van der Waals surface area (Å²) in [7, 11) is 0. The van der Waals surface area contributed by atoms with Crippen LogP contribution in [0.1, 0.15) is 235 Å². The van der Waals surface area contributed by atoms with Crippen molar-refractivity contribution in [3.8, 4) is 0 Å². The zero-order valence-corrected chi connectivity index (χ0v) is 29.7. The van der Waals surface area contributed by atoms with Crippen molar-refractivity contribution in [1.82, 2.24) is 4.90 Å². The van der Waals surface area contributed by atoms with Crippen molar-refractivity contribution in [3.05, 3.63) is 0 Å². The minimum absolute atomic E-state index is 0.312. The first-order chi connectivity index (χ1) is 19.3. The van der Waals surface area contributed by atoms with E-state index in [0.29, 0.717) is 11.1 Å². The second kappa shape index (κ2) is 27.8. The third-order valence-electron chi connectivity index (χ3n) is 9.73. The maximum atomic E-state index is 2.94. The summed E-state index contributed by atoms with van der Waals surface area (Å²) in [6, 6.07) is 0. The molecule has 0 unspecified atom stereocenters. The summed E-state index contributed by atoms with van der Waals surface area (Å²) in [6.07, 6.45) is 41.5. The molecule has 0 fully saturated rings. The van der Waals surface area contributed by atoms with Gasteiger partial charge in [0.1, 0.15) is 0 Å². The van der Waals surface area contributed by atoms with E-state index in [1.54, 1.807) is 0 Å². The highest BCUT2D eigenvalue weighted by Crippen LogP contribution is 2.34. The van der Waals surface area contributed by atoms with Crippen LogP contribution in [0.25, 0.3) is 0 Å². The molecule has 0 spiro atoms. The van der Waals surface area contributed by atoms with Crippen LogP contribution in [-0.4, -0.2) is 22.5 Å². The average molecular weight is 564 g/mol. The molecule has 0 bridgehead atoms. The Hall–Kier alpha value is -0.0400. The summed E-state index contributed by atoms with van der Waals surface area (Å²) >= 11 is 0. The van der Waals surface area contributed by atoms with Gasteiger partial charge >= 0.3 is 0 Å². The first-order valence-electron chi connectivity index (χ1n) is 19.1. The summed E-state index contributed by atoms with van der Waals surface area (Å²) in [5, 5.41) is 0. The fourth-order valence-electron chi connectivity index (χ4n) is 7.01. The molecule has 0 N–H and O–H groups in total. The van der Waals surface area contributed by atoms with Crippen molar-refractivity contribution in [3.63, 3.8) is 0 Å². The Bertz CT molecular complexity index is 453. The van der Waals surface area contributed by atoms with Crippen molar-refractivity contribution in [2.45, 2.75) is 246 Å². The Balaban J connectivity index is 4.23. The van der Waals surface area contributed by atoms with Crippen molar-refractivity contribution in [2.75, 3.05) is 6.54 Å². The van der Waals surface area contributed by atoms with Crippen molar-refractivity contribution in [1.29, 1.82) is 0 Å². The van der Waals surface area contributed by atoms with E-state index in [-0.39, 0.29) is 0 Å². The van der Waals surface area contributed by atoms with Gasteiger partial charge in [0.2, 0.25) is 0 Å². The lowest BCUT2D eigenvalue weighted by Crippen LogP contribution is -2.55. The predicted octanol–water partition coefficient (Wildman–Crippen LogP) is 14.2. The molecule has 0 aliphatic heterocycles. The van der Waals surface area contributed by atoms with Crippen LogP contribution in [0.15, 0.2) is 0 Å². The molecule has 0 saturated heterocycles. The van der Waals surface area contributed by atoms with Crippen LogP contribution in [0.5, 0.6) is 0 Å². The van der Waals surface area contributed by atoms with Gasteiger partial charge in [-0.2, -0.15) is 0 Å². The predicted molar refractivity (Wildman–Crippen MR) is 186 cm³/mol. The summed E-state index contributed by atoms with van der Waals surface area (Å²) in [5.74, 6) is 0. The zero-order chi connectivity index (χ0) is 29.8. The Labute approximate surface area is 256 Å². The molecule has 0 atom stereocenters. The summed E-state index contributed by atoms with van der Waals surface area (Å²) in [6.45, 7) is 18.5. The van der Waals surface area contributed by atoms with Gasteiger partial charge in [-0.3, -0.25) is 4.90 Å². The topological polar surface area (TPSA) is 3.24 Å². The number of hydrogen-bond donors (Lipinski definition) is 0. The normalized spacial score (nSPS) is 12.6. The lowest BCUT2D eigenvalue weighted by molar-refractivity contribution is 0.00160. The van der Waals surface area contributed by atoms with Crippen molar-refractivity contribution in [2.24, 2.45) is 0 Å². The first kappa shape index (κ1) is 40.0. The molecule has 0 aromatic carbocycles. The molecule has 0 rings (SSSR count). The fraction of sp³-hybridized carbons (Fsp3) is 1.00. The van der Waals surface area contributed by atoms with E-state index < -0.39 is 0 Å². The Morgan fingerprint density at radius 3 is 0.800 bits per heavy atom. The Morgan fingerprint density at radius 2 is 0.525 bits per heavy atom. The minimum atomic E-state index is 0.312. The van der Waals surface area contributed by atoms with Crippen LogP contribution < -0.4 is 0 Å². The molecule has 0 aliphatic carbocycles. The molecule has 0 amide bonds. The van der Waals surface area contributed by atoms with E-state index in [1.807, 2.05) is 0 Å². The quantitative estimate of drug-likeness (QED) is 0.0735. The molecule has 242 valence electrons. The van der Waals surface area contributed by atoms with E-state index in [1.165, 1.54) is 193 Å². The average Bonchev–Trinajstić information content (AvgIpc) is 2.92. The second-order valence-electron chi connectivity index (χ2n) is 14.8. The highest BCUT2D eigenvalue weighted by Gasteiger charge is 2.36. The van der Waals surface area contributed by atoms with Gasteiger partial charge in [0, 0.05) is 11.1 Å². The Morgan fingerprint density at radius 1 is 0.300 bits per heavy atom. The van der Waals surface area contributed by atoms with Gasteiger partial charge in [0.05, 0.1) is 0 Å². The van der Waals surface area contributed by atoms with Crippen LogP contribution in [0.3, 0.4) is 0 Å². The largest absolute Gasteiger partial charge is 0.293 e. The molecule has 0 heterocycles. The van der Waals surface area contributed by atoms with Gasteiger partial charge in [0.25, 0.3) is 0 Å². The summed E-state index contributed by atoms with van der Waals surface area (Å²) in [4.78, 5) is 2.94. The third-order valence-corrected chi connectivity index (χ3v) is 9.73. The summed E-state index contributed by atoms with van der Waals surface area (Å²) < 4.78 is 0. The fourth-order valence-corrected chi connectivity index (χ4v) is 7.01. The molecule has 40 heavy (non-hydrogen) atoms.